The number of aliphatic hydroxyl groups is 1. The number of esters is 1. The van der Waals surface area contributed by atoms with Gasteiger partial charge in [0.05, 0.1) is 6.10 Å². The average Bonchev–Trinajstić information content (AvgIpc) is 2.84. The van der Waals surface area contributed by atoms with Crippen molar-refractivity contribution < 1.29 is 14.6 Å². The molecule has 4 heteroatoms. The molecule has 2 rings (SSSR count). The monoisotopic (exact) mass is 237 g/mol. The molecular weight excluding hydrogens is 218 g/mol. The molecule has 0 bridgehead atoms. The highest BCUT2D eigenvalue weighted by molar-refractivity contribution is 5.87. The van der Waals surface area contributed by atoms with E-state index in [4.69, 9.17) is 4.74 Å². The first-order chi connectivity index (χ1) is 8.11. The topological polar surface area (TPSA) is 49.8 Å². The Labute approximate surface area is 102 Å². The van der Waals surface area contributed by atoms with E-state index in [9.17, 15) is 9.90 Å². The SMILES string of the molecule is C/C=C(\C)C(=O)OCC1=CCN2CC(O)CC12. The van der Waals surface area contributed by atoms with Gasteiger partial charge in [-0.15, -0.1) is 0 Å². The molecule has 0 aliphatic carbocycles. The quantitative estimate of drug-likeness (QED) is 0.449. The lowest BCUT2D eigenvalue weighted by Gasteiger charge is -2.17. The minimum absolute atomic E-state index is 0.239. The van der Waals surface area contributed by atoms with Gasteiger partial charge in [0.1, 0.15) is 6.61 Å². The highest BCUT2D eigenvalue weighted by Crippen LogP contribution is 2.28. The van der Waals surface area contributed by atoms with E-state index in [2.05, 4.69) is 11.0 Å². The first kappa shape index (κ1) is 12.3. The lowest BCUT2D eigenvalue weighted by atomic mass is 10.1. The fourth-order valence-corrected chi connectivity index (χ4v) is 2.37. The minimum Gasteiger partial charge on any atom is -0.458 e. The summed E-state index contributed by atoms with van der Waals surface area (Å²) in [4.78, 5) is 13.7. The number of carbonyl (C=O) groups is 1. The second-order valence-electron chi connectivity index (χ2n) is 4.69. The van der Waals surface area contributed by atoms with E-state index in [1.807, 2.05) is 6.92 Å². The van der Waals surface area contributed by atoms with E-state index in [1.165, 1.54) is 0 Å². The predicted octanol–water partition coefficient (Wildman–Crippen LogP) is 0.871. The molecule has 0 amide bonds. The van der Waals surface area contributed by atoms with Crippen molar-refractivity contribution in [2.75, 3.05) is 19.7 Å². The van der Waals surface area contributed by atoms with Gasteiger partial charge in [-0.25, -0.2) is 4.79 Å². The number of fused-ring (bicyclic) bond motifs is 1. The van der Waals surface area contributed by atoms with Gasteiger partial charge in [-0.1, -0.05) is 12.2 Å². The standard InChI is InChI=1S/C13H19NO3/c1-3-9(2)13(16)17-8-10-4-5-14-7-11(15)6-12(10)14/h3-4,11-12,15H,5-8H2,1-2H3/b9-3+. The zero-order chi connectivity index (χ0) is 12.4. The molecule has 94 valence electrons. The molecule has 0 aromatic heterocycles. The van der Waals surface area contributed by atoms with Crippen LogP contribution in [0.1, 0.15) is 20.3 Å². The third-order valence-corrected chi connectivity index (χ3v) is 3.52. The number of hydrogen-bond acceptors (Lipinski definition) is 4. The Balaban J connectivity index is 1.87. The summed E-state index contributed by atoms with van der Waals surface area (Å²) in [6, 6.07) is 0.267. The second kappa shape index (κ2) is 5.02. The van der Waals surface area contributed by atoms with Crippen LogP contribution in [0.2, 0.25) is 0 Å². The van der Waals surface area contributed by atoms with Crippen LogP contribution in [0.15, 0.2) is 23.3 Å². The van der Waals surface area contributed by atoms with Crippen molar-refractivity contribution >= 4 is 5.97 Å². The van der Waals surface area contributed by atoms with Crippen LogP contribution in [0.4, 0.5) is 0 Å². The van der Waals surface area contributed by atoms with Crippen LogP contribution in [-0.2, 0) is 9.53 Å². The van der Waals surface area contributed by atoms with Crippen LogP contribution in [-0.4, -0.2) is 47.8 Å². The number of rotatable bonds is 3. The number of nitrogens with zero attached hydrogens (tertiary/aromatic N) is 1. The molecule has 17 heavy (non-hydrogen) atoms. The fourth-order valence-electron chi connectivity index (χ4n) is 2.37. The normalized spacial score (nSPS) is 29.1. The van der Waals surface area contributed by atoms with Crippen molar-refractivity contribution in [2.45, 2.75) is 32.4 Å². The molecule has 2 aliphatic rings. The van der Waals surface area contributed by atoms with Gasteiger partial charge in [0.25, 0.3) is 0 Å². The van der Waals surface area contributed by atoms with E-state index in [1.54, 1.807) is 13.0 Å². The fraction of sp³-hybridized carbons (Fsp3) is 0.615. The van der Waals surface area contributed by atoms with Crippen molar-refractivity contribution in [1.82, 2.24) is 4.90 Å². The Morgan fingerprint density at radius 2 is 2.47 bits per heavy atom. The van der Waals surface area contributed by atoms with Gasteiger partial charge in [-0.05, 0) is 25.8 Å². The first-order valence-electron chi connectivity index (χ1n) is 6.03. The third kappa shape index (κ3) is 2.58. The number of hydrogen-bond donors (Lipinski definition) is 1. The number of carbonyl (C=O) groups excluding carboxylic acids is 1. The van der Waals surface area contributed by atoms with Gasteiger partial charge < -0.3 is 9.84 Å². The predicted molar refractivity (Wildman–Crippen MR) is 64.5 cm³/mol. The Hall–Kier alpha value is -1.13. The van der Waals surface area contributed by atoms with Gasteiger partial charge >= 0.3 is 5.97 Å². The molecule has 2 heterocycles. The van der Waals surface area contributed by atoms with Gasteiger partial charge in [0.2, 0.25) is 0 Å². The van der Waals surface area contributed by atoms with Crippen LogP contribution < -0.4 is 0 Å². The molecule has 2 atom stereocenters. The van der Waals surface area contributed by atoms with Crippen LogP contribution >= 0.6 is 0 Å². The summed E-state index contributed by atoms with van der Waals surface area (Å²) < 4.78 is 5.24. The Kier molecular flexibility index (Phi) is 3.64. The molecule has 2 aliphatic heterocycles. The zero-order valence-corrected chi connectivity index (χ0v) is 10.3. The lowest BCUT2D eigenvalue weighted by molar-refractivity contribution is -0.138. The van der Waals surface area contributed by atoms with Gasteiger partial charge in [-0.2, -0.15) is 0 Å². The average molecular weight is 237 g/mol. The molecule has 0 radical (unpaired) electrons. The summed E-state index contributed by atoms with van der Waals surface area (Å²) in [7, 11) is 0. The Morgan fingerprint density at radius 3 is 3.18 bits per heavy atom. The molecule has 2 unspecified atom stereocenters. The Morgan fingerprint density at radius 1 is 1.71 bits per heavy atom. The van der Waals surface area contributed by atoms with E-state index >= 15 is 0 Å². The highest BCUT2D eigenvalue weighted by atomic mass is 16.5. The third-order valence-electron chi connectivity index (χ3n) is 3.52. The van der Waals surface area contributed by atoms with Gasteiger partial charge in [-0.3, -0.25) is 4.90 Å². The summed E-state index contributed by atoms with van der Waals surface area (Å²) in [5, 5.41) is 9.57. The molecular formula is C13H19NO3. The number of aliphatic hydroxyl groups excluding tert-OH is 1. The maximum Gasteiger partial charge on any atom is 0.333 e. The van der Waals surface area contributed by atoms with Crippen molar-refractivity contribution in [2.24, 2.45) is 0 Å². The van der Waals surface area contributed by atoms with Crippen molar-refractivity contribution in [3.05, 3.63) is 23.3 Å². The molecule has 1 saturated heterocycles. The summed E-state index contributed by atoms with van der Waals surface area (Å²) in [5.74, 6) is -0.259. The van der Waals surface area contributed by atoms with Crippen molar-refractivity contribution in [3.8, 4) is 0 Å². The summed E-state index contributed by atoms with van der Waals surface area (Å²) >= 11 is 0. The molecule has 1 N–H and O–H groups in total. The molecule has 0 saturated carbocycles. The van der Waals surface area contributed by atoms with E-state index in [0.717, 1.165) is 25.1 Å². The first-order valence-corrected chi connectivity index (χ1v) is 6.03. The number of allylic oxidation sites excluding steroid dienone is 1. The van der Waals surface area contributed by atoms with Crippen LogP contribution in [0.5, 0.6) is 0 Å². The van der Waals surface area contributed by atoms with Gasteiger partial charge in [0, 0.05) is 24.7 Å². The second-order valence-corrected chi connectivity index (χ2v) is 4.69. The number of ether oxygens (including phenoxy) is 1. The van der Waals surface area contributed by atoms with Crippen LogP contribution in [0.25, 0.3) is 0 Å². The van der Waals surface area contributed by atoms with Crippen LogP contribution in [0.3, 0.4) is 0 Å². The Bertz CT molecular complexity index is 373. The molecule has 0 aromatic carbocycles. The summed E-state index contributed by atoms with van der Waals surface area (Å²) in [6.45, 7) is 5.50. The molecule has 4 nitrogen and oxygen atoms in total. The minimum atomic E-state index is -0.259. The van der Waals surface area contributed by atoms with E-state index in [-0.39, 0.29) is 18.1 Å². The smallest absolute Gasteiger partial charge is 0.333 e. The lowest BCUT2D eigenvalue weighted by Crippen LogP contribution is -2.27. The van der Waals surface area contributed by atoms with Crippen molar-refractivity contribution in [3.63, 3.8) is 0 Å². The van der Waals surface area contributed by atoms with Crippen LogP contribution in [0, 0.1) is 0 Å². The highest BCUT2D eigenvalue weighted by Gasteiger charge is 2.36. The summed E-state index contributed by atoms with van der Waals surface area (Å²) in [5.41, 5.74) is 1.76. The molecule has 0 spiro atoms. The molecule has 0 aromatic rings. The summed E-state index contributed by atoms with van der Waals surface area (Å²) in [6.07, 6.45) is 4.37. The van der Waals surface area contributed by atoms with E-state index < -0.39 is 0 Å². The van der Waals surface area contributed by atoms with Gasteiger partial charge in [0.15, 0.2) is 0 Å². The zero-order valence-electron chi connectivity index (χ0n) is 10.3. The van der Waals surface area contributed by atoms with E-state index in [0.29, 0.717) is 12.2 Å². The molecule has 1 fully saturated rings. The van der Waals surface area contributed by atoms with Crippen molar-refractivity contribution in [1.29, 1.82) is 0 Å². The maximum absolute atomic E-state index is 11.5. The largest absolute Gasteiger partial charge is 0.458 e. The maximum atomic E-state index is 11.5.